The fraction of sp³-hybridized carbons (Fsp3) is 0.455. The van der Waals surface area contributed by atoms with Crippen LogP contribution in [0.1, 0.15) is 48.9 Å². The Morgan fingerprint density at radius 3 is 2.64 bits per heavy atom. The van der Waals surface area contributed by atoms with Crippen molar-refractivity contribution in [3.05, 3.63) is 59.2 Å². The summed E-state index contributed by atoms with van der Waals surface area (Å²) in [6.45, 7) is 6.31. The van der Waals surface area contributed by atoms with Crippen LogP contribution in [0, 0.1) is 6.92 Å². The van der Waals surface area contributed by atoms with Crippen molar-refractivity contribution in [1.82, 2.24) is 5.32 Å². The van der Waals surface area contributed by atoms with Gasteiger partial charge in [-0.3, -0.25) is 4.31 Å². The molecule has 6 heteroatoms. The Morgan fingerprint density at radius 2 is 1.86 bits per heavy atom. The standard InChI is InChI=1S/C22H30N2O3S/c1-4-27-15-9-5-8-14-23-22-18-10-6-7-11-20(18)24(3)28(25,26)21-16-17(2)12-13-19(21)22/h6-7,10-13,16,22-23H,4-5,8-9,14-15H2,1-3H3. The van der Waals surface area contributed by atoms with Gasteiger partial charge < -0.3 is 10.1 Å². The van der Waals surface area contributed by atoms with E-state index in [1.165, 1.54) is 4.31 Å². The van der Waals surface area contributed by atoms with Gasteiger partial charge in [-0.2, -0.15) is 0 Å². The predicted octanol–water partition coefficient (Wildman–Crippen LogP) is 4.02. The smallest absolute Gasteiger partial charge is 0.264 e. The van der Waals surface area contributed by atoms with Crippen molar-refractivity contribution in [2.24, 2.45) is 0 Å². The number of rotatable bonds is 8. The highest BCUT2D eigenvalue weighted by molar-refractivity contribution is 7.92. The molecule has 5 nitrogen and oxygen atoms in total. The van der Waals surface area contributed by atoms with E-state index in [2.05, 4.69) is 5.32 Å². The molecular weight excluding hydrogens is 372 g/mol. The molecule has 0 saturated heterocycles. The van der Waals surface area contributed by atoms with Crippen LogP contribution in [0.2, 0.25) is 0 Å². The van der Waals surface area contributed by atoms with E-state index >= 15 is 0 Å². The van der Waals surface area contributed by atoms with Crippen LogP contribution in [0.5, 0.6) is 0 Å². The topological polar surface area (TPSA) is 58.6 Å². The summed E-state index contributed by atoms with van der Waals surface area (Å²) in [5, 5.41) is 3.61. The van der Waals surface area contributed by atoms with E-state index in [4.69, 9.17) is 4.74 Å². The maximum atomic E-state index is 13.2. The number of ether oxygens (including phenoxy) is 1. The Hall–Kier alpha value is -1.89. The van der Waals surface area contributed by atoms with Crippen LogP contribution >= 0.6 is 0 Å². The Bertz CT molecular complexity index is 912. The van der Waals surface area contributed by atoms with Gasteiger partial charge in [-0.25, -0.2) is 8.42 Å². The quantitative estimate of drug-likeness (QED) is 0.678. The van der Waals surface area contributed by atoms with Crippen LogP contribution in [0.3, 0.4) is 0 Å². The van der Waals surface area contributed by atoms with E-state index in [0.29, 0.717) is 4.90 Å². The molecule has 1 unspecified atom stereocenters. The van der Waals surface area contributed by atoms with Crippen LogP contribution in [0.4, 0.5) is 5.69 Å². The highest BCUT2D eigenvalue weighted by Crippen LogP contribution is 2.40. The fourth-order valence-corrected chi connectivity index (χ4v) is 5.22. The second kappa shape index (κ2) is 9.07. The molecule has 0 saturated carbocycles. The van der Waals surface area contributed by atoms with Crippen LogP contribution in [-0.2, 0) is 14.8 Å². The molecule has 1 aliphatic rings. The molecule has 2 aromatic carbocycles. The lowest BCUT2D eigenvalue weighted by molar-refractivity contribution is 0.143. The van der Waals surface area contributed by atoms with Gasteiger partial charge in [0.1, 0.15) is 0 Å². The van der Waals surface area contributed by atoms with Gasteiger partial charge >= 0.3 is 0 Å². The molecule has 28 heavy (non-hydrogen) atoms. The number of hydrogen-bond acceptors (Lipinski definition) is 4. The van der Waals surface area contributed by atoms with Gasteiger partial charge in [-0.05, 0) is 68.5 Å². The molecule has 1 atom stereocenters. The first-order valence-electron chi connectivity index (χ1n) is 9.96. The largest absolute Gasteiger partial charge is 0.382 e. The predicted molar refractivity (Wildman–Crippen MR) is 113 cm³/mol. The Kier molecular flexibility index (Phi) is 6.75. The third-order valence-corrected chi connectivity index (χ3v) is 7.05. The highest BCUT2D eigenvalue weighted by Gasteiger charge is 2.34. The lowest BCUT2D eigenvalue weighted by atomic mass is 9.96. The first kappa shape index (κ1) is 20.8. The molecule has 1 heterocycles. The van der Waals surface area contributed by atoms with Gasteiger partial charge in [0.25, 0.3) is 10.0 Å². The van der Waals surface area contributed by atoms with Gasteiger partial charge in [-0.15, -0.1) is 0 Å². The average Bonchev–Trinajstić information content (AvgIpc) is 2.75. The molecule has 3 rings (SSSR count). The molecule has 2 aromatic rings. The van der Waals surface area contributed by atoms with Crippen molar-refractivity contribution in [1.29, 1.82) is 0 Å². The summed E-state index contributed by atoms with van der Waals surface area (Å²) in [5.74, 6) is 0. The monoisotopic (exact) mass is 402 g/mol. The minimum Gasteiger partial charge on any atom is -0.382 e. The number of anilines is 1. The van der Waals surface area contributed by atoms with E-state index in [1.54, 1.807) is 13.1 Å². The van der Waals surface area contributed by atoms with Crippen molar-refractivity contribution in [3.63, 3.8) is 0 Å². The molecule has 1 N–H and O–H groups in total. The minimum atomic E-state index is -3.59. The molecule has 0 fully saturated rings. The Morgan fingerprint density at radius 1 is 1.07 bits per heavy atom. The Labute approximate surface area is 168 Å². The second-order valence-electron chi connectivity index (χ2n) is 7.22. The van der Waals surface area contributed by atoms with Crippen molar-refractivity contribution in [3.8, 4) is 0 Å². The summed E-state index contributed by atoms with van der Waals surface area (Å²) in [4.78, 5) is 0.389. The summed E-state index contributed by atoms with van der Waals surface area (Å²) in [6.07, 6.45) is 3.15. The summed E-state index contributed by atoms with van der Waals surface area (Å²) in [6, 6.07) is 13.3. The first-order valence-corrected chi connectivity index (χ1v) is 11.4. The summed E-state index contributed by atoms with van der Waals surface area (Å²) >= 11 is 0. The number of nitrogens with zero attached hydrogens (tertiary/aromatic N) is 1. The van der Waals surface area contributed by atoms with Crippen molar-refractivity contribution < 1.29 is 13.2 Å². The molecule has 152 valence electrons. The van der Waals surface area contributed by atoms with E-state index < -0.39 is 10.0 Å². The molecule has 0 bridgehead atoms. The van der Waals surface area contributed by atoms with E-state index in [9.17, 15) is 8.42 Å². The zero-order valence-corrected chi connectivity index (χ0v) is 17.8. The van der Waals surface area contributed by atoms with Gasteiger partial charge in [0.2, 0.25) is 0 Å². The SMILES string of the molecule is CCOCCCCCNC1c2ccccc2N(C)S(=O)(=O)c2cc(C)ccc21. The number of aryl methyl sites for hydroxylation is 1. The van der Waals surface area contributed by atoms with Crippen LogP contribution in [0.15, 0.2) is 47.4 Å². The van der Waals surface area contributed by atoms with Crippen molar-refractivity contribution in [2.45, 2.75) is 44.0 Å². The zero-order chi connectivity index (χ0) is 20.1. The molecular formula is C22H30N2O3S. The average molecular weight is 403 g/mol. The maximum absolute atomic E-state index is 13.2. The second-order valence-corrected chi connectivity index (χ2v) is 9.16. The van der Waals surface area contributed by atoms with Crippen molar-refractivity contribution in [2.75, 3.05) is 31.1 Å². The molecule has 0 aromatic heterocycles. The number of nitrogens with one attached hydrogen (secondary N) is 1. The third-order valence-electron chi connectivity index (χ3n) is 5.22. The number of benzene rings is 2. The number of sulfonamides is 1. The van der Waals surface area contributed by atoms with E-state index in [1.807, 2.05) is 50.2 Å². The first-order chi connectivity index (χ1) is 13.5. The number of fused-ring (bicyclic) bond motifs is 2. The fourth-order valence-electron chi connectivity index (χ4n) is 3.68. The zero-order valence-electron chi connectivity index (χ0n) is 16.9. The summed E-state index contributed by atoms with van der Waals surface area (Å²) < 4.78 is 33.3. The summed E-state index contributed by atoms with van der Waals surface area (Å²) in [5.41, 5.74) is 3.48. The van der Waals surface area contributed by atoms with E-state index in [0.717, 1.165) is 61.4 Å². The molecule has 0 radical (unpaired) electrons. The lowest BCUT2D eigenvalue weighted by Gasteiger charge is -2.22. The number of para-hydroxylation sites is 1. The molecule has 0 spiro atoms. The Balaban J connectivity index is 1.90. The van der Waals surface area contributed by atoms with Gasteiger partial charge in [0.15, 0.2) is 0 Å². The molecule has 0 amide bonds. The van der Waals surface area contributed by atoms with Crippen LogP contribution < -0.4 is 9.62 Å². The number of unbranched alkanes of at least 4 members (excludes halogenated alkanes) is 2. The van der Waals surface area contributed by atoms with Crippen LogP contribution in [-0.4, -0.2) is 35.2 Å². The van der Waals surface area contributed by atoms with Gasteiger partial charge in [0, 0.05) is 20.3 Å². The number of hydrogen-bond donors (Lipinski definition) is 1. The van der Waals surface area contributed by atoms with Gasteiger partial charge in [-0.1, -0.05) is 30.3 Å². The lowest BCUT2D eigenvalue weighted by Crippen LogP contribution is -2.26. The van der Waals surface area contributed by atoms with Crippen LogP contribution in [0.25, 0.3) is 0 Å². The third kappa shape index (κ3) is 4.24. The minimum absolute atomic E-state index is 0.154. The normalized spacial score (nSPS) is 17.7. The summed E-state index contributed by atoms with van der Waals surface area (Å²) in [7, 11) is -1.96. The highest BCUT2D eigenvalue weighted by atomic mass is 32.2. The molecule has 0 aliphatic carbocycles. The van der Waals surface area contributed by atoms with Gasteiger partial charge in [0.05, 0.1) is 16.6 Å². The maximum Gasteiger partial charge on any atom is 0.264 e. The molecule has 1 aliphatic heterocycles. The van der Waals surface area contributed by atoms with E-state index in [-0.39, 0.29) is 6.04 Å². The van der Waals surface area contributed by atoms with Crippen molar-refractivity contribution >= 4 is 15.7 Å².